The van der Waals surface area contributed by atoms with E-state index in [2.05, 4.69) is 4.74 Å². The van der Waals surface area contributed by atoms with E-state index in [9.17, 15) is 4.79 Å². The van der Waals surface area contributed by atoms with Crippen molar-refractivity contribution in [3.63, 3.8) is 0 Å². The Kier molecular flexibility index (Phi) is 4.38. The molecule has 1 N–H and O–H groups in total. The molecule has 4 nitrogen and oxygen atoms in total. The molecular weight excluding hydrogens is 256 g/mol. The van der Waals surface area contributed by atoms with Crippen molar-refractivity contribution in [3.8, 4) is 16.9 Å². The number of aliphatic hydroxyl groups is 1. The number of carbonyl (C=O) groups excluding carboxylic acids is 1. The number of hydrogen-bond donors (Lipinski definition) is 1. The summed E-state index contributed by atoms with van der Waals surface area (Å²) in [5, 5.41) is 9.14. The number of rotatable bonds is 4. The number of carbonyl (C=O) groups is 1. The van der Waals surface area contributed by atoms with Crippen molar-refractivity contribution in [2.24, 2.45) is 0 Å². The minimum absolute atomic E-state index is 0.0298. The topological polar surface area (TPSA) is 55.8 Å². The normalized spacial score (nSPS) is 10.2. The van der Waals surface area contributed by atoms with Crippen molar-refractivity contribution in [1.29, 1.82) is 0 Å². The summed E-state index contributed by atoms with van der Waals surface area (Å²) in [5.74, 6) is 0.321. The molecule has 104 valence electrons. The SMILES string of the molecule is COC(=O)c1ccc(-c2ccc(CO)cc2OC)cc1. The van der Waals surface area contributed by atoms with Crippen LogP contribution in [0.25, 0.3) is 11.1 Å². The maximum atomic E-state index is 11.4. The zero-order chi connectivity index (χ0) is 14.5. The molecule has 0 heterocycles. The van der Waals surface area contributed by atoms with Gasteiger partial charge < -0.3 is 14.6 Å². The van der Waals surface area contributed by atoms with E-state index in [1.54, 1.807) is 25.3 Å². The highest BCUT2D eigenvalue weighted by Gasteiger charge is 2.09. The molecule has 0 atom stereocenters. The van der Waals surface area contributed by atoms with Crippen LogP contribution in [-0.2, 0) is 11.3 Å². The Morgan fingerprint density at radius 3 is 2.35 bits per heavy atom. The summed E-state index contributed by atoms with van der Waals surface area (Å²) in [7, 11) is 2.94. The molecule has 0 aromatic heterocycles. The average molecular weight is 272 g/mol. The zero-order valence-electron chi connectivity index (χ0n) is 11.4. The summed E-state index contributed by atoms with van der Waals surface area (Å²) >= 11 is 0. The quantitative estimate of drug-likeness (QED) is 0.869. The molecule has 0 spiro atoms. The van der Waals surface area contributed by atoms with Crippen LogP contribution in [0, 0.1) is 0 Å². The average Bonchev–Trinajstić information content (AvgIpc) is 2.53. The highest BCUT2D eigenvalue weighted by atomic mass is 16.5. The molecule has 0 fully saturated rings. The molecule has 0 saturated carbocycles. The predicted molar refractivity (Wildman–Crippen MR) is 75.7 cm³/mol. The molecular formula is C16H16O4. The van der Waals surface area contributed by atoms with Crippen LogP contribution in [0.3, 0.4) is 0 Å². The number of aliphatic hydroxyl groups excluding tert-OH is 1. The number of hydrogen-bond acceptors (Lipinski definition) is 4. The van der Waals surface area contributed by atoms with Crippen LogP contribution in [-0.4, -0.2) is 25.3 Å². The molecule has 0 radical (unpaired) electrons. The van der Waals surface area contributed by atoms with E-state index in [0.29, 0.717) is 11.3 Å². The highest BCUT2D eigenvalue weighted by molar-refractivity contribution is 5.90. The summed E-state index contributed by atoms with van der Waals surface area (Å²) in [6.07, 6.45) is 0. The van der Waals surface area contributed by atoms with Crippen LogP contribution in [0.5, 0.6) is 5.75 Å². The molecule has 0 aliphatic rings. The van der Waals surface area contributed by atoms with Gasteiger partial charge in [-0.1, -0.05) is 24.3 Å². The monoisotopic (exact) mass is 272 g/mol. The van der Waals surface area contributed by atoms with Gasteiger partial charge in [0.05, 0.1) is 26.4 Å². The Hall–Kier alpha value is -2.33. The van der Waals surface area contributed by atoms with Gasteiger partial charge in [-0.05, 0) is 29.3 Å². The van der Waals surface area contributed by atoms with Gasteiger partial charge in [-0.2, -0.15) is 0 Å². The van der Waals surface area contributed by atoms with E-state index < -0.39 is 0 Å². The van der Waals surface area contributed by atoms with Gasteiger partial charge in [-0.3, -0.25) is 0 Å². The molecule has 0 saturated heterocycles. The van der Waals surface area contributed by atoms with Crippen LogP contribution in [0.15, 0.2) is 42.5 Å². The third-order valence-electron chi connectivity index (χ3n) is 3.07. The first kappa shape index (κ1) is 14.1. The predicted octanol–water partition coefficient (Wildman–Crippen LogP) is 2.64. The standard InChI is InChI=1S/C16H16O4/c1-19-15-9-11(10-17)3-8-14(15)12-4-6-13(7-5-12)16(18)20-2/h3-9,17H,10H2,1-2H3. The van der Waals surface area contributed by atoms with E-state index >= 15 is 0 Å². The van der Waals surface area contributed by atoms with Gasteiger partial charge in [-0.25, -0.2) is 4.79 Å². The van der Waals surface area contributed by atoms with E-state index in [-0.39, 0.29) is 12.6 Å². The molecule has 2 aromatic rings. The molecule has 0 amide bonds. The van der Waals surface area contributed by atoms with Gasteiger partial charge in [0.25, 0.3) is 0 Å². The Bertz CT molecular complexity index is 602. The van der Waals surface area contributed by atoms with Crippen molar-refractivity contribution in [3.05, 3.63) is 53.6 Å². The first-order valence-corrected chi connectivity index (χ1v) is 6.16. The Balaban J connectivity index is 2.38. The lowest BCUT2D eigenvalue weighted by molar-refractivity contribution is 0.0601. The lowest BCUT2D eigenvalue weighted by Crippen LogP contribution is -2.00. The Morgan fingerprint density at radius 1 is 1.10 bits per heavy atom. The first-order chi connectivity index (χ1) is 9.69. The zero-order valence-corrected chi connectivity index (χ0v) is 11.4. The van der Waals surface area contributed by atoms with E-state index in [1.807, 2.05) is 24.3 Å². The minimum Gasteiger partial charge on any atom is -0.496 e. The molecule has 0 aliphatic heterocycles. The molecule has 2 rings (SSSR count). The van der Waals surface area contributed by atoms with Gasteiger partial charge in [0.1, 0.15) is 5.75 Å². The van der Waals surface area contributed by atoms with Crippen LogP contribution in [0.2, 0.25) is 0 Å². The van der Waals surface area contributed by atoms with Crippen molar-refractivity contribution in [1.82, 2.24) is 0 Å². The largest absolute Gasteiger partial charge is 0.496 e. The van der Waals surface area contributed by atoms with E-state index in [1.165, 1.54) is 7.11 Å². The third-order valence-corrected chi connectivity index (χ3v) is 3.07. The van der Waals surface area contributed by atoms with Gasteiger partial charge in [0.2, 0.25) is 0 Å². The van der Waals surface area contributed by atoms with Crippen molar-refractivity contribution in [2.75, 3.05) is 14.2 Å². The van der Waals surface area contributed by atoms with Gasteiger partial charge in [-0.15, -0.1) is 0 Å². The number of methoxy groups -OCH3 is 2. The Labute approximate surface area is 117 Å². The van der Waals surface area contributed by atoms with Crippen molar-refractivity contribution in [2.45, 2.75) is 6.61 Å². The molecule has 4 heteroatoms. The summed E-state index contributed by atoms with van der Waals surface area (Å²) in [5.41, 5.74) is 3.12. The summed E-state index contributed by atoms with van der Waals surface area (Å²) in [6.45, 7) is -0.0298. The smallest absolute Gasteiger partial charge is 0.337 e. The van der Waals surface area contributed by atoms with Gasteiger partial charge in [0, 0.05) is 5.56 Å². The fraction of sp³-hybridized carbons (Fsp3) is 0.188. The van der Waals surface area contributed by atoms with Gasteiger partial charge >= 0.3 is 5.97 Å². The van der Waals surface area contributed by atoms with Crippen LogP contribution < -0.4 is 4.74 Å². The number of ether oxygens (including phenoxy) is 2. The molecule has 0 unspecified atom stereocenters. The fourth-order valence-electron chi connectivity index (χ4n) is 1.98. The van der Waals surface area contributed by atoms with Crippen molar-refractivity contribution < 1.29 is 19.4 Å². The maximum absolute atomic E-state index is 11.4. The highest BCUT2D eigenvalue weighted by Crippen LogP contribution is 2.31. The van der Waals surface area contributed by atoms with Gasteiger partial charge in [0.15, 0.2) is 0 Å². The maximum Gasteiger partial charge on any atom is 0.337 e. The second-order valence-corrected chi connectivity index (χ2v) is 4.26. The van der Waals surface area contributed by atoms with Crippen LogP contribution in [0.4, 0.5) is 0 Å². The molecule has 0 bridgehead atoms. The molecule has 20 heavy (non-hydrogen) atoms. The number of benzene rings is 2. The molecule has 0 aliphatic carbocycles. The first-order valence-electron chi connectivity index (χ1n) is 6.16. The van der Waals surface area contributed by atoms with Crippen LogP contribution in [0.1, 0.15) is 15.9 Å². The lowest BCUT2D eigenvalue weighted by atomic mass is 10.0. The third kappa shape index (κ3) is 2.81. The summed E-state index contributed by atoms with van der Waals surface area (Å²) in [4.78, 5) is 11.4. The van der Waals surface area contributed by atoms with Crippen LogP contribution >= 0.6 is 0 Å². The number of esters is 1. The summed E-state index contributed by atoms with van der Waals surface area (Å²) < 4.78 is 10.0. The van der Waals surface area contributed by atoms with Crippen molar-refractivity contribution >= 4 is 5.97 Å². The fourth-order valence-corrected chi connectivity index (χ4v) is 1.98. The second kappa shape index (κ2) is 6.21. The van der Waals surface area contributed by atoms with E-state index in [4.69, 9.17) is 9.84 Å². The van der Waals surface area contributed by atoms with E-state index in [0.717, 1.165) is 16.7 Å². The molecule has 2 aromatic carbocycles. The lowest BCUT2D eigenvalue weighted by Gasteiger charge is -2.10. The summed E-state index contributed by atoms with van der Waals surface area (Å²) in [6, 6.07) is 12.6. The second-order valence-electron chi connectivity index (χ2n) is 4.26. The Morgan fingerprint density at radius 2 is 1.80 bits per heavy atom. The minimum atomic E-state index is -0.362.